The summed E-state index contributed by atoms with van der Waals surface area (Å²) in [5.41, 5.74) is 0.826. The maximum Gasteiger partial charge on any atom is 0.412 e. The molecule has 1 aliphatic rings. The van der Waals surface area contributed by atoms with E-state index in [1.54, 1.807) is 17.4 Å². The van der Waals surface area contributed by atoms with Gasteiger partial charge >= 0.3 is 6.09 Å². The third-order valence-electron chi connectivity index (χ3n) is 3.46. The summed E-state index contributed by atoms with van der Waals surface area (Å²) in [7, 11) is 0. The first kappa shape index (κ1) is 14.2. The summed E-state index contributed by atoms with van der Waals surface area (Å²) in [6.45, 7) is 1.43. The highest BCUT2D eigenvalue weighted by Gasteiger charge is 2.17. The van der Waals surface area contributed by atoms with Crippen LogP contribution in [0.1, 0.15) is 19.3 Å². The number of carbonyl (C=O) groups excluding carboxylic acids is 1. The van der Waals surface area contributed by atoms with Gasteiger partial charge in [-0.15, -0.1) is 0 Å². The molecule has 0 N–H and O–H groups in total. The number of aromatic nitrogens is 2. The standard InChI is InChI=1S/C14H16BrN3O3/c15-11-6-13(12-7-16-9-18(12)8-11)20-10-21-14(19)17-4-2-1-3-5-17/h6-9H,1-5,10H2. The number of pyridine rings is 1. The highest BCUT2D eigenvalue weighted by atomic mass is 79.9. The molecule has 112 valence electrons. The number of piperidine rings is 1. The van der Waals surface area contributed by atoms with Gasteiger partial charge in [0.15, 0.2) is 5.75 Å². The molecule has 2 aromatic heterocycles. The summed E-state index contributed by atoms with van der Waals surface area (Å²) in [5.74, 6) is 0.619. The fraction of sp³-hybridized carbons (Fsp3) is 0.429. The van der Waals surface area contributed by atoms with Gasteiger partial charge in [0.1, 0.15) is 5.52 Å². The lowest BCUT2D eigenvalue weighted by molar-refractivity contribution is 0.0321. The lowest BCUT2D eigenvalue weighted by atomic mass is 10.1. The van der Waals surface area contributed by atoms with Crippen LogP contribution < -0.4 is 4.74 Å². The summed E-state index contributed by atoms with van der Waals surface area (Å²) in [6, 6.07) is 1.83. The Morgan fingerprint density at radius 1 is 1.33 bits per heavy atom. The predicted molar refractivity (Wildman–Crippen MR) is 80.3 cm³/mol. The van der Waals surface area contributed by atoms with Gasteiger partial charge in [0.05, 0.1) is 12.5 Å². The molecule has 1 aliphatic heterocycles. The molecule has 1 fully saturated rings. The van der Waals surface area contributed by atoms with Crippen molar-refractivity contribution in [2.45, 2.75) is 19.3 Å². The average molecular weight is 354 g/mol. The van der Waals surface area contributed by atoms with E-state index >= 15 is 0 Å². The number of imidazole rings is 1. The van der Waals surface area contributed by atoms with Gasteiger partial charge in [0.2, 0.25) is 6.79 Å². The fourth-order valence-electron chi connectivity index (χ4n) is 2.39. The molecular weight excluding hydrogens is 338 g/mol. The van der Waals surface area contributed by atoms with Crippen LogP contribution in [0.25, 0.3) is 5.52 Å². The average Bonchev–Trinajstić information content (AvgIpc) is 2.96. The molecule has 0 unspecified atom stereocenters. The number of hydrogen-bond acceptors (Lipinski definition) is 4. The summed E-state index contributed by atoms with van der Waals surface area (Å²) < 4.78 is 13.4. The minimum atomic E-state index is -0.311. The molecule has 3 rings (SSSR count). The van der Waals surface area contributed by atoms with Crippen LogP contribution >= 0.6 is 15.9 Å². The van der Waals surface area contributed by atoms with Gasteiger partial charge in [-0.1, -0.05) is 0 Å². The number of carbonyl (C=O) groups is 1. The van der Waals surface area contributed by atoms with Crippen LogP contribution in [0.3, 0.4) is 0 Å². The number of ether oxygens (including phenoxy) is 2. The van der Waals surface area contributed by atoms with E-state index in [4.69, 9.17) is 9.47 Å². The summed E-state index contributed by atoms with van der Waals surface area (Å²) >= 11 is 3.41. The van der Waals surface area contributed by atoms with Gasteiger partial charge < -0.3 is 18.8 Å². The molecule has 0 radical (unpaired) electrons. The van der Waals surface area contributed by atoms with Crippen LogP contribution in [0, 0.1) is 0 Å². The van der Waals surface area contributed by atoms with Crippen molar-refractivity contribution in [2.75, 3.05) is 19.9 Å². The molecule has 6 nitrogen and oxygen atoms in total. The third-order valence-corrected chi connectivity index (χ3v) is 3.89. The van der Waals surface area contributed by atoms with Gasteiger partial charge in [0, 0.05) is 23.8 Å². The van der Waals surface area contributed by atoms with Crippen LogP contribution in [0.2, 0.25) is 0 Å². The van der Waals surface area contributed by atoms with Gasteiger partial charge in [-0.2, -0.15) is 0 Å². The topological polar surface area (TPSA) is 56.1 Å². The highest BCUT2D eigenvalue weighted by molar-refractivity contribution is 9.10. The lowest BCUT2D eigenvalue weighted by Crippen LogP contribution is -2.36. The van der Waals surface area contributed by atoms with E-state index in [1.165, 1.54) is 6.42 Å². The van der Waals surface area contributed by atoms with E-state index in [9.17, 15) is 4.79 Å². The molecule has 1 amide bonds. The lowest BCUT2D eigenvalue weighted by Gasteiger charge is -2.25. The van der Waals surface area contributed by atoms with E-state index < -0.39 is 0 Å². The first-order valence-corrected chi connectivity index (χ1v) is 7.69. The first-order chi connectivity index (χ1) is 10.2. The molecule has 2 aromatic rings. The summed E-state index contributed by atoms with van der Waals surface area (Å²) in [5, 5.41) is 0. The normalized spacial score (nSPS) is 15.2. The Kier molecular flexibility index (Phi) is 4.28. The van der Waals surface area contributed by atoms with Gasteiger partial charge in [-0.3, -0.25) is 0 Å². The van der Waals surface area contributed by atoms with Crippen LogP contribution in [0.15, 0.2) is 29.3 Å². The number of fused-ring (bicyclic) bond motifs is 1. The molecule has 0 aliphatic carbocycles. The van der Waals surface area contributed by atoms with Crippen molar-refractivity contribution in [3.05, 3.63) is 29.3 Å². The minimum Gasteiger partial charge on any atom is -0.455 e. The number of halogens is 1. The monoisotopic (exact) mass is 353 g/mol. The molecule has 0 atom stereocenters. The third kappa shape index (κ3) is 3.29. The van der Waals surface area contributed by atoms with Crippen LogP contribution in [0.4, 0.5) is 4.79 Å². The Hall–Kier alpha value is -1.76. The molecule has 21 heavy (non-hydrogen) atoms. The second-order valence-electron chi connectivity index (χ2n) is 4.93. The first-order valence-electron chi connectivity index (χ1n) is 6.90. The maximum absolute atomic E-state index is 11.9. The number of nitrogens with zero attached hydrogens (tertiary/aromatic N) is 3. The molecule has 1 saturated heterocycles. The highest BCUT2D eigenvalue weighted by Crippen LogP contribution is 2.24. The SMILES string of the molecule is O=C(OCOc1cc(Br)cn2cncc12)N1CCCCC1. The zero-order valence-corrected chi connectivity index (χ0v) is 13.1. The van der Waals surface area contributed by atoms with E-state index in [1.807, 2.05) is 16.7 Å². The quantitative estimate of drug-likeness (QED) is 0.795. The zero-order chi connectivity index (χ0) is 14.7. The number of likely N-dealkylation sites (tertiary alicyclic amines) is 1. The molecule has 0 spiro atoms. The molecule has 3 heterocycles. The van der Waals surface area contributed by atoms with Crippen molar-refractivity contribution in [2.24, 2.45) is 0 Å². The Morgan fingerprint density at radius 3 is 2.95 bits per heavy atom. The fourth-order valence-corrected chi connectivity index (χ4v) is 2.82. The van der Waals surface area contributed by atoms with E-state index in [-0.39, 0.29) is 12.9 Å². The van der Waals surface area contributed by atoms with Crippen molar-refractivity contribution < 1.29 is 14.3 Å². The summed E-state index contributed by atoms with van der Waals surface area (Å²) in [6.07, 6.45) is 8.22. The van der Waals surface area contributed by atoms with Crippen molar-refractivity contribution in [1.29, 1.82) is 0 Å². The summed E-state index contributed by atoms with van der Waals surface area (Å²) in [4.78, 5) is 17.7. The van der Waals surface area contributed by atoms with Crippen molar-refractivity contribution >= 4 is 27.5 Å². The van der Waals surface area contributed by atoms with Crippen LogP contribution in [0.5, 0.6) is 5.75 Å². The van der Waals surface area contributed by atoms with Gasteiger partial charge in [0.25, 0.3) is 0 Å². The zero-order valence-electron chi connectivity index (χ0n) is 11.5. The van der Waals surface area contributed by atoms with Crippen LogP contribution in [-0.2, 0) is 4.74 Å². The van der Waals surface area contributed by atoms with Crippen molar-refractivity contribution in [1.82, 2.24) is 14.3 Å². The Balaban J connectivity index is 1.59. The molecular formula is C14H16BrN3O3. The minimum absolute atomic E-state index is 0.105. The van der Waals surface area contributed by atoms with Crippen LogP contribution in [-0.4, -0.2) is 40.3 Å². The second-order valence-corrected chi connectivity index (χ2v) is 5.84. The molecule has 0 bridgehead atoms. The van der Waals surface area contributed by atoms with Gasteiger partial charge in [-0.25, -0.2) is 9.78 Å². The maximum atomic E-state index is 11.9. The molecule has 0 aromatic carbocycles. The van der Waals surface area contributed by atoms with E-state index in [0.717, 1.165) is 35.9 Å². The predicted octanol–water partition coefficient (Wildman–Crippen LogP) is 3.06. The number of rotatable bonds is 3. The number of amides is 1. The van der Waals surface area contributed by atoms with E-state index in [2.05, 4.69) is 20.9 Å². The Labute approximate surface area is 130 Å². The smallest absolute Gasteiger partial charge is 0.412 e. The Bertz CT molecular complexity index is 637. The van der Waals surface area contributed by atoms with Crippen molar-refractivity contribution in [3.8, 4) is 5.75 Å². The number of hydrogen-bond donors (Lipinski definition) is 0. The largest absolute Gasteiger partial charge is 0.455 e. The second kappa shape index (κ2) is 6.34. The Morgan fingerprint density at radius 2 is 2.14 bits per heavy atom. The molecule has 7 heteroatoms. The van der Waals surface area contributed by atoms with E-state index in [0.29, 0.717) is 5.75 Å². The van der Waals surface area contributed by atoms with Crippen molar-refractivity contribution in [3.63, 3.8) is 0 Å². The van der Waals surface area contributed by atoms with Gasteiger partial charge in [-0.05, 0) is 41.3 Å². The molecule has 0 saturated carbocycles.